The molecule has 0 amide bonds. The number of rotatable bonds is 6. The summed E-state index contributed by atoms with van der Waals surface area (Å²) in [5.41, 5.74) is 10.7. The summed E-state index contributed by atoms with van der Waals surface area (Å²) in [6, 6.07) is 3.71. The van der Waals surface area contributed by atoms with Crippen molar-refractivity contribution in [3.8, 4) is 5.75 Å². The summed E-state index contributed by atoms with van der Waals surface area (Å²) in [6.45, 7) is 4.16. The van der Waals surface area contributed by atoms with Crippen LogP contribution in [0.15, 0.2) is 17.2 Å². The Morgan fingerprint density at radius 3 is 2.50 bits per heavy atom. The molecule has 0 aromatic heterocycles. The van der Waals surface area contributed by atoms with Gasteiger partial charge < -0.3 is 4.74 Å². The van der Waals surface area contributed by atoms with E-state index in [0.717, 1.165) is 22.4 Å². The standard InChI is InChI=1S/C13H17N3O2/c1-9-7-11(18-3)8-10(2)13(9)12(17)5-4-6-15-16-14/h7-8H,4-6H2,1-3H3. The van der Waals surface area contributed by atoms with E-state index in [4.69, 9.17) is 10.3 Å². The van der Waals surface area contributed by atoms with Crippen LogP contribution in [0.3, 0.4) is 0 Å². The van der Waals surface area contributed by atoms with E-state index in [1.807, 2.05) is 26.0 Å². The second kappa shape index (κ2) is 6.67. The molecule has 18 heavy (non-hydrogen) atoms. The summed E-state index contributed by atoms with van der Waals surface area (Å²) in [5.74, 6) is 0.844. The molecule has 0 spiro atoms. The molecule has 0 aliphatic rings. The van der Waals surface area contributed by atoms with Crippen molar-refractivity contribution in [1.82, 2.24) is 0 Å². The molecule has 0 saturated heterocycles. The van der Waals surface area contributed by atoms with E-state index >= 15 is 0 Å². The first-order valence-electron chi connectivity index (χ1n) is 5.79. The molecule has 0 fully saturated rings. The molecule has 0 radical (unpaired) electrons. The van der Waals surface area contributed by atoms with Gasteiger partial charge in [-0.25, -0.2) is 0 Å². The molecule has 96 valence electrons. The fourth-order valence-electron chi connectivity index (χ4n) is 1.96. The average Bonchev–Trinajstić information content (AvgIpc) is 2.33. The molecule has 1 aromatic rings. The molecule has 0 N–H and O–H groups in total. The molecule has 0 atom stereocenters. The molecular formula is C13H17N3O2. The van der Waals surface area contributed by atoms with Gasteiger partial charge in [-0.1, -0.05) is 5.11 Å². The highest BCUT2D eigenvalue weighted by Crippen LogP contribution is 2.23. The zero-order chi connectivity index (χ0) is 13.5. The van der Waals surface area contributed by atoms with Crippen molar-refractivity contribution >= 4 is 5.78 Å². The van der Waals surface area contributed by atoms with Gasteiger partial charge in [-0.15, -0.1) is 0 Å². The minimum atomic E-state index is 0.0841. The molecule has 0 heterocycles. The summed E-state index contributed by atoms with van der Waals surface area (Å²) in [7, 11) is 1.61. The van der Waals surface area contributed by atoms with Gasteiger partial charge in [-0.05, 0) is 49.1 Å². The molecule has 5 heteroatoms. The third-order valence-electron chi connectivity index (χ3n) is 2.75. The Kier molecular flexibility index (Phi) is 5.21. The van der Waals surface area contributed by atoms with Gasteiger partial charge in [-0.2, -0.15) is 0 Å². The summed E-state index contributed by atoms with van der Waals surface area (Å²) in [6.07, 6.45) is 0.973. The first-order valence-corrected chi connectivity index (χ1v) is 5.79. The van der Waals surface area contributed by atoms with Crippen LogP contribution in [0.1, 0.15) is 34.3 Å². The average molecular weight is 247 g/mol. The lowest BCUT2D eigenvalue weighted by molar-refractivity contribution is 0.0979. The molecule has 0 saturated carbocycles. The number of ketones is 1. The lowest BCUT2D eigenvalue weighted by atomic mass is 9.96. The van der Waals surface area contributed by atoms with Crippen molar-refractivity contribution in [3.63, 3.8) is 0 Å². The minimum absolute atomic E-state index is 0.0841. The molecule has 0 bridgehead atoms. The Morgan fingerprint density at radius 1 is 1.39 bits per heavy atom. The fourth-order valence-corrected chi connectivity index (χ4v) is 1.96. The first kappa shape index (κ1) is 14.1. The number of ether oxygens (including phenoxy) is 1. The van der Waals surface area contributed by atoms with Crippen molar-refractivity contribution in [2.45, 2.75) is 26.7 Å². The van der Waals surface area contributed by atoms with Gasteiger partial charge >= 0.3 is 0 Å². The Balaban J connectivity index is 2.82. The number of hydrogen-bond donors (Lipinski definition) is 0. The number of Topliss-reactive ketones (excluding diaryl/α,β-unsaturated/α-hetero) is 1. The van der Waals surface area contributed by atoms with E-state index in [0.29, 0.717) is 19.4 Å². The lowest BCUT2D eigenvalue weighted by Crippen LogP contribution is -2.05. The van der Waals surface area contributed by atoms with Crippen LogP contribution in [-0.2, 0) is 0 Å². The normalized spacial score (nSPS) is 9.72. The van der Waals surface area contributed by atoms with Crippen LogP contribution in [0.5, 0.6) is 5.75 Å². The summed E-state index contributed by atoms with van der Waals surface area (Å²) >= 11 is 0. The van der Waals surface area contributed by atoms with Crippen LogP contribution < -0.4 is 4.74 Å². The van der Waals surface area contributed by atoms with Crippen LogP contribution in [0.4, 0.5) is 0 Å². The van der Waals surface area contributed by atoms with Gasteiger partial charge in [-0.3, -0.25) is 4.79 Å². The van der Waals surface area contributed by atoms with Gasteiger partial charge in [0.25, 0.3) is 0 Å². The van der Waals surface area contributed by atoms with E-state index in [-0.39, 0.29) is 5.78 Å². The van der Waals surface area contributed by atoms with Crippen molar-refractivity contribution in [2.75, 3.05) is 13.7 Å². The van der Waals surface area contributed by atoms with E-state index in [9.17, 15) is 4.79 Å². The molecule has 5 nitrogen and oxygen atoms in total. The zero-order valence-electron chi connectivity index (χ0n) is 10.9. The Morgan fingerprint density at radius 2 is 2.00 bits per heavy atom. The van der Waals surface area contributed by atoms with Gasteiger partial charge in [0.1, 0.15) is 5.75 Å². The SMILES string of the molecule is COc1cc(C)c(C(=O)CCCN=[N+]=[N-])c(C)c1. The highest BCUT2D eigenvalue weighted by atomic mass is 16.5. The van der Waals surface area contributed by atoms with Crippen molar-refractivity contribution in [1.29, 1.82) is 0 Å². The second-order valence-corrected chi connectivity index (χ2v) is 4.12. The largest absolute Gasteiger partial charge is 0.497 e. The number of azide groups is 1. The van der Waals surface area contributed by atoms with E-state index < -0.39 is 0 Å². The third kappa shape index (κ3) is 3.50. The highest BCUT2D eigenvalue weighted by molar-refractivity contribution is 5.99. The Labute approximate surface area is 106 Å². The quantitative estimate of drug-likeness (QED) is 0.253. The summed E-state index contributed by atoms with van der Waals surface area (Å²) < 4.78 is 5.16. The molecule has 0 aliphatic heterocycles. The zero-order valence-corrected chi connectivity index (χ0v) is 10.9. The number of nitrogens with zero attached hydrogens (tertiary/aromatic N) is 3. The maximum absolute atomic E-state index is 12.1. The number of carbonyl (C=O) groups excluding carboxylic acids is 1. The fraction of sp³-hybridized carbons (Fsp3) is 0.462. The van der Waals surface area contributed by atoms with Gasteiger partial charge in [0.05, 0.1) is 7.11 Å². The summed E-state index contributed by atoms with van der Waals surface area (Å²) in [5, 5.41) is 3.42. The Bertz CT molecular complexity index is 468. The maximum atomic E-state index is 12.1. The van der Waals surface area contributed by atoms with Crippen LogP contribution in [0.25, 0.3) is 10.4 Å². The maximum Gasteiger partial charge on any atom is 0.163 e. The van der Waals surface area contributed by atoms with Crippen molar-refractivity contribution in [3.05, 3.63) is 39.3 Å². The highest BCUT2D eigenvalue weighted by Gasteiger charge is 2.13. The second-order valence-electron chi connectivity index (χ2n) is 4.12. The van der Waals surface area contributed by atoms with E-state index in [2.05, 4.69) is 10.0 Å². The molecule has 1 aromatic carbocycles. The van der Waals surface area contributed by atoms with Crippen LogP contribution in [0.2, 0.25) is 0 Å². The van der Waals surface area contributed by atoms with Crippen LogP contribution in [-0.4, -0.2) is 19.4 Å². The number of aryl methyl sites for hydroxylation is 2. The van der Waals surface area contributed by atoms with E-state index in [1.165, 1.54) is 0 Å². The number of benzene rings is 1. The molecule has 0 unspecified atom stereocenters. The minimum Gasteiger partial charge on any atom is -0.497 e. The van der Waals surface area contributed by atoms with E-state index in [1.54, 1.807) is 7.11 Å². The van der Waals surface area contributed by atoms with Crippen LogP contribution in [0, 0.1) is 13.8 Å². The monoisotopic (exact) mass is 247 g/mol. The van der Waals surface area contributed by atoms with Gasteiger partial charge in [0, 0.05) is 23.4 Å². The first-order chi connectivity index (χ1) is 8.60. The third-order valence-corrected chi connectivity index (χ3v) is 2.75. The summed E-state index contributed by atoms with van der Waals surface area (Å²) in [4.78, 5) is 14.7. The van der Waals surface area contributed by atoms with Gasteiger partial charge in [0.15, 0.2) is 5.78 Å². The Hall–Kier alpha value is -2.00. The number of hydrogen-bond acceptors (Lipinski definition) is 3. The predicted molar refractivity (Wildman–Crippen MR) is 70.0 cm³/mol. The topological polar surface area (TPSA) is 75.1 Å². The number of carbonyl (C=O) groups is 1. The van der Waals surface area contributed by atoms with Gasteiger partial charge in [0.2, 0.25) is 0 Å². The lowest BCUT2D eigenvalue weighted by Gasteiger charge is -2.11. The number of methoxy groups -OCH3 is 1. The molecular weight excluding hydrogens is 230 g/mol. The van der Waals surface area contributed by atoms with Crippen molar-refractivity contribution < 1.29 is 9.53 Å². The predicted octanol–water partition coefficient (Wildman–Crippen LogP) is 3.59. The smallest absolute Gasteiger partial charge is 0.163 e. The molecule has 1 rings (SSSR count). The van der Waals surface area contributed by atoms with Crippen LogP contribution >= 0.6 is 0 Å². The molecule has 0 aliphatic carbocycles. The van der Waals surface area contributed by atoms with Crippen molar-refractivity contribution in [2.24, 2.45) is 5.11 Å².